The van der Waals surface area contributed by atoms with Crippen LogP contribution in [-0.2, 0) is 4.79 Å². The Bertz CT molecular complexity index is 697. The Balaban J connectivity index is 1.86. The summed E-state index contributed by atoms with van der Waals surface area (Å²) in [6.45, 7) is 0. The van der Waals surface area contributed by atoms with Gasteiger partial charge in [0.25, 0.3) is 11.8 Å². The maximum Gasteiger partial charge on any atom is 0.269 e. The first-order chi connectivity index (χ1) is 10.0. The highest BCUT2D eigenvalue weighted by atomic mass is 79.9. The van der Waals surface area contributed by atoms with Gasteiger partial charge < -0.3 is 4.42 Å². The first-order valence-electron chi connectivity index (χ1n) is 5.84. The Kier molecular flexibility index (Phi) is 5.19. The van der Waals surface area contributed by atoms with Crippen molar-refractivity contribution in [3.8, 4) is 0 Å². The smallest absolute Gasteiger partial charge is 0.269 e. The average Bonchev–Trinajstić information content (AvgIpc) is 2.88. The van der Waals surface area contributed by atoms with E-state index < -0.39 is 11.8 Å². The molecule has 2 N–H and O–H groups in total. The number of rotatable bonds is 3. The summed E-state index contributed by atoms with van der Waals surface area (Å²) >= 11 is 8.93. The fourth-order valence-corrected chi connectivity index (χ4v) is 1.95. The molecule has 0 spiro atoms. The molecule has 1 aromatic heterocycles. The Hall–Kier alpha value is -2.05. The predicted octanol–water partition coefficient (Wildman–Crippen LogP) is 3.17. The molecule has 0 radical (unpaired) electrons. The fraction of sp³-hybridized carbons (Fsp3) is 0. The van der Waals surface area contributed by atoms with Crippen LogP contribution in [0.5, 0.6) is 0 Å². The number of hydrazine groups is 1. The topological polar surface area (TPSA) is 71.3 Å². The quantitative estimate of drug-likeness (QED) is 0.645. The molecule has 108 valence electrons. The van der Waals surface area contributed by atoms with E-state index in [9.17, 15) is 9.59 Å². The normalized spacial score (nSPS) is 10.6. The van der Waals surface area contributed by atoms with E-state index in [1.54, 1.807) is 30.3 Å². The maximum absolute atomic E-state index is 11.7. The van der Waals surface area contributed by atoms with Gasteiger partial charge in [0, 0.05) is 16.7 Å². The van der Waals surface area contributed by atoms with Crippen molar-refractivity contribution < 1.29 is 14.0 Å². The summed E-state index contributed by atoms with van der Waals surface area (Å²) in [4.78, 5) is 23.3. The Morgan fingerprint density at radius 3 is 2.67 bits per heavy atom. The van der Waals surface area contributed by atoms with E-state index in [2.05, 4.69) is 26.8 Å². The molecule has 2 amide bonds. The second-order valence-corrected chi connectivity index (χ2v) is 5.15. The molecule has 2 rings (SSSR count). The summed E-state index contributed by atoms with van der Waals surface area (Å²) in [6.07, 6.45) is 2.72. The van der Waals surface area contributed by atoms with Crippen molar-refractivity contribution in [2.24, 2.45) is 0 Å². The number of hydrogen-bond acceptors (Lipinski definition) is 3. The molecule has 21 heavy (non-hydrogen) atoms. The zero-order chi connectivity index (χ0) is 15.2. The molecule has 0 fully saturated rings. The van der Waals surface area contributed by atoms with E-state index >= 15 is 0 Å². The molecule has 0 saturated heterocycles. The number of halogens is 2. The van der Waals surface area contributed by atoms with Crippen molar-refractivity contribution in [3.63, 3.8) is 0 Å². The Labute approximate surface area is 134 Å². The van der Waals surface area contributed by atoms with Gasteiger partial charge in [-0.2, -0.15) is 0 Å². The van der Waals surface area contributed by atoms with Gasteiger partial charge in [-0.3, -0.25) is 20.4 Å². The van der Waals surface area contributed by atoms with Gasteiger partial charge in [0.2, 0.25) is 0 Å². The zero-order valence-electron chi connectivity index (χ0n) is 10.6. The van der Waals surface area contributed by atoms with Crippen molar-refractivity contribution in [2.75, 3.05) is 0 Å². The summed E-state index contributed by atoms with van der Waals surface area (Å²) in [5, 5.41) is 0.442. The number of carbonyl (C=O) groups is 2. The standard InChI is InChI=1S/C14H10BrClN2O3/c15-12-6-4-11(21-12)5-7-13(19)17-18-14(20)9-2-1-3-10(16)8-9/h1-8H,(H,17,19)(H,18,20)/b7-5+. The number of furan rings is 1. The molecule has 0 atom stereocenters. The van der Waals surface area contributed by atoms with Crippen molar-refractivity contribution in [3.05, 3.63) is 63.5 Å². The molecule has 0 aliphatic heterocycles. The van der Waals surface area contributed by atoms with E-state index in [1.165, 1.54) is 18.2 Å². The lowest BCUT2D eigenvalue weighted by Crippen LogP contribution is -2.40. The average molecular weight is 370 g/mol. The van der Waals surface area contributed by atoms with Crippen LogP contribution < -0.4 is 10.9 Å². The molecule has 5 nitrogen and oxygen atoms in total. The molecule has 0 aliphatic rings. The first kappa shape index (κ1) is 15.3. The molecule has 2 aromatic rings. The molecule has 7 heteroatoms. The Morgan fingerprint density at radius 2 is 2.00 bits per heavy atom. The minimum absolute atomic E-state index is 0.349. The number of amides is 2. The third-order valence-corrected chi connectivity index (χ3v) is 3.04. The van der Waals surface area contributed by atoms with E-state index in [1.807, 2.05) is 0 Å². The molecular weight excluding hydrogens is 360 g/mol. The van der Waals surface area contributed by atoms with E-state index in [4.69, 9.17) is 16.0 Å². The lowest BCUT2D eigenvalue weighted by atomic mass is 10.2. The SMILES string of the molecule is O=C(/C=C/c1ccc(Br)o1)NNC(=O)c1cccc(Cl)c1. The van der Waals surface area contributed by atoms with Gasteiger partial charge in [0.05, 0.1) is 0 Å². The summed E-state index contributed by atoms with van der Waals surface area (Å²) < 4.78 is 5.76. The lowest BCUT2D eigenvalue weighted by molar-refractivity contribution is -0.117. The molecule has 0 aliphatic carbocycles. The molecule has 1 heterocycles. The number of carbonyl (C=O) groups excluding carboxylic acids is 2. The van der Waals surface area contributed by atoms with Gasteiger partial charge in [-0.25, -0.2) is 0 Å². The van der Waals surface area contributed by atoms with Crippen molar-refractivity contribution >= 4 is 45.4 Å². The maximum atomic E-state index is 11.7. The van der Waals surface area contributed by atoms with Crippen molar-refractivity contribution in [2.45, 2.75) is 0 Å². The summed E-state index contributed by atoms with van der Waals surface area (Å²) in [6, 6.07) is 9.79. The highest BCUT2D eigenvalue weighted by Crippen LogP contribution is 2.14. The zero-order valence-corrected chi connectivity index (χ0v) is 12.9. The second kappa shape index (κ2) is 7.10. The third kappa shape index (κ3) is 4.77. The van der Waals surface area contributed by atoms with Crippen LogP contribution in [0.25, 0.3) is 6.08 Å². The van der Waals surface area contributed by atoms with Crippen LogP contribution in [0, 0.1) is 0 Å². The molecule has 0 unspecified atom stereocenters. The van der Waals surface area contributed by atoms with Crippen molar-refractivity contribution in [1.29, 1.82) is 0 Å². The highest BCUT2D eigenvalue weighted by molar-refractivity contribution is 9.10. The van der Waals surface area contributed by atoms with E-state index in [-0.39, 0.29) is 0 Å². The fourth-order valence-electron chi connectivity index (χ4n) is 1.44. The van der Waals surface area contributed by atoms with Crippen LogP contribution in [0.3, 0.4) is 0 Å². The lowest BCUT2D eigenvalue weighted by Gasteiger charge is -2.05. The summed E-state index contributed by atoms with van der Waals surface area (Å²) in [7, 11) is 0. The predicted molar refractivity (Wildman–Crippen MR) is 82.5 cm³/mol. The van der Waals surface area contributed by atoms with Crippen LogP contribution in [0.1, 0.15) is 16.1 Å². The molecule has 0 bridgehead atoms. The second-order valence-electron chi connectivity index (χ2n) is 3.93. The number of nitrogens with one attached hydrogen (secondary N) is 2. The van der Waals surface area contributed by atoms with Gasteiger partial charge in [0.15, 0.2) is 4.67 Å². The van der Waals surface area contributed by atoms with Crippen molar-refractivity contribution in [1.82, 2.24) is 10.9 Å². The highest BCUT2D eigenvalue weighted by Gasteiger charge is 2.06. The number of hydrogen-bond donors (Lipinski definition) is 2. The van der Waals surface area contributed by atoms with Gasteiger partial charge in [-0.05, 0) is 52.3 Å². The minimum Gasteiger partial charge on any atom is -0.450 e. The van der Waals surface area contributed by atoms with E-state index in [0.29, 0.717) is 21.0 Å². The van der Waals surface area contributed by atoms with Gasteiger partial charge >= 0.3 is 0 Å². The third-order valence-electron chi connectivity index (χ3n) is 2.38. The summed E-state index contributed by atoms with van der Waals surface area (Å²) in [5.74, 6) is -0.434. The minimum atomic E-state index is -0.488. The first-order valence-corrected chi connectivity index (χ1v) is 7.01. The molecule has 1 aromatic carbocycles. The molecular formula is C14H10BrClN2O3. The van der Waals surface area contributed by atoms with Crippen LogP contribution in [0.15, 0.2) is 51.6 Å². The van der Waals surface area contributed by atoms with Gasteiger partial charge in [-0.1, -0.05) is 17.7 Å². The van der Waals surface area contributed by atoms with E-state index in [0.717, 1.165) is 0 Å². The molecule has 0 saturated carbocycles. The van der Waals surface area contributed by atoms with Crippen LogP contribution >= 0.6 is 27.5 Å². The van der Waals surface area contributed by atoms with Crippen LogP contribution in [0.2, 0.25) is 5.02 Å². The van der Waals surface area contributed by atoms with Crippen LogP contribution in [0.4, 0.5) is 0 Å². The van der Waals surface area contributed by atoms with Gasteiger partial charge in [-0.15, -0.1) is 0 Å². The summed E-state index contributed by atoms with van der Waals surface area (Å²) in [5.41, 5.74) is 4.88. The monoisotopic (exact) mass is 368 g/mol. The van der Waals surface area contributed by atoms with Gasteiger partial charge in [0.1, 0.15) is 5.76 Å². The Morgan fingerprint density at radius 1 is 1.19 bits per heavy atom. The largest absolute Gasteiger partial charge is 0.450 e. The number of benzene rings is 1. The van der Waals surface area contributed by atoms with Crippen LogP contribution in [-0.4, -0.2) is 11.8 Å².